The molecule has 0 fully saturated rings. The Bertz CT molecular complexity index is 708. The van der Waals surface area contributed by atoms with Crippen LogP contribution in [0.4, 0.5) is 5.69 Å². The smallest absolute Gasteiger partial charge is 0.248 e. The Kier molecular flexibility index (Phi) is 4.47. The van der Waals surface area contributed by atoms with Crippen molar-refractivity contribution in [1.82, 2.24) is 0 Å². The molecule has 0 spiro atoms. The molecule has 23 heavy (non-hydrogen) atoms. The van der Waals surface area contributed by atoms with E-state index in [4.69, 9.17) is 14.2 Å². The van der Waals surface area contributed by atoms with Gasteiger partial charge in [0.15, 0.2) is 11.5 Å². The highest BCUT2D eigenvalue weighted by molar-refractivity contribution is 6.01. The summed E-state index contributed by atoms with van der Waals surface area (Å²) in [7, 11) is 1.57. The fourth-order valence-electron chi connectivity index (χ4n) is 2.27. The average molecular weight is 311 g/mol. The minimum absolute atomic E-state index is 0.204. The van der Waals surface area contributed by atoms with Gasteiger partial charge in [-0.2, -0.15) is 0 Å². The SMILES string of the molecule is COc1cc(/C=C/C(=O)Nc2ccccc2)cc2c1OCCO2. The lowest BCUT2D eigenvalue weighted by Gasteiger charge is -2.20. The number of para-hydroxylation sites is 1. The van der Waals surface area contributed by atoms with Gasteiger partial charge < -0.3 is 19.5 Å². The normalized spacial score (nSPS) is 12.9. The van der Waals surface area contributed by atoms with Crippen LogP contribution in [0.3, 0.4) is 0 Å². The maximum absolute atomic E-state index is 11.9. The summed E-state index contributed by atoms with van der Waals surface area (Å²) in [6.07, 6.45) is 3.18. The molecular weight excluding hydrogens is 294 g/mol. The van der Waals surface area contributed by atoms with Crippen LogP contribution in [0.1, 0.15) is 5.56 Å². The van der Waals surface area contributed by atoms with Crippen molar-refractivity contribution in [2.24, 2.45) is 0 Å². The molecule has 0 aliphatic carbocycles. The van der Waals surface area contributed by atoms with Crippen molar-refractivity contribution in [1.29, 1.82) is 0 Å². The summed E-state index contributed by atoms with van der Waals surface area (Å²) in [5.41, 5.74) is 1.55. The van der Waals surface area contributed by atoms with Gasteiger partial charge in [0.1, 0.15) is 13.2 Å². The quantitative estimate of drug-likeness (QED) is 0.882. The first-order valence-electron chi connectivity index (χ1n) is 7.28. The monoisotopic (exact) mass is 311 g/mol. The van der Waals surface area contributed by atoms with E-state index >= 15 is 0 Å². The molecule has 0 unspecified atom stereocenters. The van der Waals surface area contributed by atoms with Crippen molar-refractivity contribution in [2.45, 2.75) is 0 Å². The zero-order valence-corrected chi connectivity index (χ0v) is 12.7. The van der Waals surface area contributed by atoms with Crippen molar-refractivity contribution < 1.29 is 19.0 Å². The number of fused-ring (bicyclic) bond motifs is 1. The van der Waals surface area contributed by atoms with Crippen LogP contribution in [0.15, 0.2) is 48.5 Å². The van der Waals surface area contributed by atoms with Gasteiger partial charge in [0, 0.05) is 11.8 Å². The molecule has 0 aromatic heterocycles. The maximum Gasteiger partial charge on any atom is 0.248 e. The van der Waals surface area contributed by atoms with E-state index in [0.29, 0.717) is 30.5 Å². The van der Waals surface area contributed by atoms with E-state index in [2.05, 4.69) is 5.32 Å². The number of carbonyl (C=O) groups excluding carboxylic acids is 1. The topological polar surface area (TPSA) is 56.8 Å². The molecule has 1 N–H and O–H groups in total. The molecule has 3 rings (SSSR count). The first kappa shape index (κ1) is 15.0. The molecule has 2 aromatic rings. The van der Waals surface area contributed by atoms with Crippen LogP contribution in [-0.2, 0) is 4.79 Å². The number of anilines is 1. The third kappa shape index (κ3) is 3.63. The number of methoxy groups -OCH3 is 1. The minimum Gasteiger partial charge on any atom is -0.493 e. The Hall–Kier alpha value is -2.95. The van der Waals surface area contributed by atoms with Crippen LogP contribution in [0.25, 0.3) is 6.08 Å². The van der Waals surface area contributed by atoms with Crippen molar-refractivity contribution in [3.63, 3.8) is 0 Å². The number of hydrogen-bond acceptors (Lipinski definition) is 4. The summed E-state index contributed by atoms with van der Waals surface area (Å²) in [6.45, 7) is 0.996. The van der Waals surface area contributed by atoms with Crippen LogP contribution in [0.5, 0.6) is 17.2 Å². The molecular formula is C18H17NO4. The second kappa shape index (κ2) is 6.87. The van der Waals surface area contributed by atoms with Gasteiger partial charge in [-0.05, 0) is 35.9 Å². The summed E-state index contributed by atoms with van der Waals surface area (Å²) in [5.74, 6) is 1.61. The highest BCUT2D eigenvalue weighted by Gasteiger charge is 2.17. The number of carbonyl (C=O) groups is 1. The van der Waals surface area contributed by atoms with Gasteiger partial charge in [0.2, 0.25) is 11.7 Å². The van der Waals surface area contributed by atoms with Crippen molar-refractivity contribution in [3.8, 4) is 17.2 Å². The highest BCUT2D eigenvalue weighted by atomic mass is 16.6. The van der Waals surface area contributed by atoms with Crippen LogP contribution in [-0.4, -0.2) is 26.2 Å². The first-order valence-corrected chi connectivity index (χ1v) is 7.28. The van der Waals surface area contributed by atoms with E-state index in [1.807, 2.05) is 36.4 Å². The fraction of sp³-hybridized carbons (Fsp3) is 0.167. The van der Waals surface area contributed by atoms with Crippen LogP contribution in [0.2, 0.25) is 0 Å². The maximum atomic E-state index is 11.9. The molecule has 1 aliphatic rings. The van der Waals surface area contributed by atoms with E-state index < -0.39 is 0 Å². The van der Waals surface area contributed by atoms with E-state index in [9.17, 15) is 4.79 Å². The molecule has 0 saturated carbocycles. The predicted molar refractivity (Wildman–Crippen MR) is 88.1 cm³/mol. The summed E-state index contributed by atoms with van der Waals surface area (Å²) < 4.78 is 16.4. The molecule has 1 amide bonds. The third-order valence-corrected chi connectivity index (χ3v) is 3.32. The number of nitrogens with one attached hydrogen (secondary N) is 1. The number of benzene rings is 2. The van der Waals surface area contributed by atoms with Crippen molar-refractivity contribution in [2.75, 3.05) is 25.6 Å². The van der Waals surface area contributed by atoms with Crippen molar-refractivity contribution in [3.05, 3.63) is 54.1 Å². The second-order valence-corrected chi connectivity index (χ2v) is 4.94. The third-order valence-electron chi connectivity index (χ3n) is 3.32. The molecule has 5 nitrogen and oxygen atoms in total. The standard InChI is InChI=1S/C18H17NO4/c1-21-15-11-13(12-16-18(15)23-10-9-22-16)7-8-17(20)19-14-5-3-2-4-6-14/h2-8,11-12H,9-10H2,1H3,(H,19,20)/b8-7+. The molecule has 0 atom stereocenters. The molecule has 0 radical (unpaired) electrons. The minimum atomic E-state index is -0.204. The molecule has 2 aromatic carbocycles. The Labute approximate surface area is 134 Å². The lowest BCUT2D eigenvalue weighted by atomic mass is 10.1. The first-order chi connectivity index (χ1) is 11.3. The number of ether oxygens (including phenoxy) is 3. The van der Waals surface area contributed by atoms with Crippen molar-refractivity contribution >= 4 is 17.7 Å². The van der Waals surface area contributed by atoms with Gasteiger partial charge in [-0.25, -0.2) is 0 Å². The van der Waals surface area contributed by atoms with Gasteiger partial charge in [-0.3, -0.25) is 4.79 Å². The lowest BCUT2D eigenvalue weighted by molar-refractivity contribution is -0.111. The molecule has 118 valence electrons. The Morgan fingerprint density at radius 3 is 2.74 bits per heavy atom. The van der Waals surface area contributed by atoms with Gasteiger partial charge >= 0.3 is 0 Å². The van der Waals surface area contributed by atoms with E-state index in [1.165, 1.54) is 6.08 Å². The Morgan fingerprint density at radius 2 is 1.96 bits per heavy atom. The largest absolute Gasteiger partial charge is 0.493 e. The van der Waals surface area contributed by atoms with E-state index in [1.54, 1.807) is 19.3 Å². The predicted octanol–water partition coefficient (Wildman–Crippen LogP) is 3.12. The fourth-order valence-corrected chi connectivity index (χ4v) is 2.27. The highest BCUT2D eigenvalue weighted by Crippen LogP contribution is 2.40. The summed E-state index contributed by atoms with van der Waals surface area (Å²) in [4.78, 5) is 11.9. The number of amides is 1. The molecule has 0 bridgehead atoms. The van der Waals surface area contributed by atoms with E-state index in [0.717, 1.165) is 11.3 Å². The van der Waals surface area contributed by atoms with E-state index in [-0.39, 0.29) is 5.91 Å². The van der Waals surface area contributed by atoms with Gasteiger partial charge in [0.05, 0.1) is 7.11 Å². The number of rotatable bonds is 4. The molecule has 1 aliphatic heterocycles. The Morgan fingerprint density at radius 1 is 1.17 bits per heavy atom. The zero-order chi connectivity index (χ0) is 16.1. The van der Waals surface area contributed by atoms with Crippen LogP contribution < -0.4 is 19.5 Å². The molecule has 5 heteroatoms. The lowest BCUT2D eigenvalue weighted by Crippen LogP contribution is -2.16. The summed E-state index contributed by atoms with van der Waals surface area (Å²) in [6, 6.07) is 12.9. The van der Waals surface area contributed by atoms with Crippen LogP contribution in [0, 0.1) is 0 Å². The average Bonchev–Trinajstić information content (AvgIpc) is 2.60. The molecule has 0 saturated heterocycles. The van der Waals surface area contributed by atoms with Gasteiger partial charge in [0.25, 0.3) is 0 Å². The van der Waals surface area contributed by atoms with Gasteiger partial charge in [-0.1, -0.05) is 18.2 Å². The zero-order valence-electron chi connectivity index (χ0n) is 12.7. The second-order valence-electron chi connectivity index (χ2n) is 4.94. The van der Waals surface area contributed by atoms with Gasteiger partial charge in [-0.15, -0.1) is 0 Å². The summed E-state index contributed by atoms with van der Waals surface area (Å²) >= 11 is 0. The summed E-state index contributed by atoms with van der Waals surface area (Å²) in [5, 5.41) is 2.79. The number of hydrogen-bond donors (Lipinski definition) is 1. The molecule has 1 heterocycles. The Balaban J connectivity index is 1.75. The van der Waals surface area contributed by atoms with Crippen LogP contribution >= 0.6 is 0 Å².